The van der Waals surface area contributed by atoms with E-state index in [4.69, 9.17) is 9.05 Å². The van der Waals surface area contributed by atoms with Crippen LogP contribution < -0.4 is 5.32 Å². The average molecular weight is 405 g/mol. The lowest BCUT2D eigenvalue weighted by atomic mass is 10.0. The molecule has 0 heterocycles. The van der Waals surface area contributed by atoms with Gasteiger partial charge in [0.2, 0.25) is 0 Å². The summed E-state index contributed by atoms with van der Waals surface area (Å²) in [5.41, 5.74) is 1.50. The van der Waals surface area contributed by atoms with Crippen molar-refractivity contribution in [1.29, 1.82) is 0 Å². The normalized spacial score (nSPS) is 15.0. The Kier molecular flexibility index (Phi) is 7.96. The lowest BCUT2D eigenvalue weighted by molar-refractivity contribution is -0.139. The van der Waals surface area contributed by atoms with E-state index in [0.717, 1.165) is 5.56 Å². The van der Waals surface area contributed by atoms with Gasteiger partial charge in [-0.2, -0.15) is 0 Å². The summed E-state index contributed by atoms with van der Waals surface area (Å²) in [4.78, 5) is 12.0. The summed E-state index contributed by atoms with van der Waals surface area (Å²) >= 11 is 0. The Morgan fingerprint density at radius 3 is 2.00 bits per heavy atom. The number of rotatable bonds is 11. The van der Waals surface area contributed by atoms with Crippen molar-refractivity contribution in [3.63, 3.8) is 0 Å². The van der Waals surface area contributed by atoms with Crippen LogP contribution in [-0.2, 0) is 30.1 Å². The van der Waals surface area contributed by atoms with Crippen LogP contribution in [0, 0.1) is 0 Å². The van der Waals surface area contributed by atoms with E-state index in [0.29, 0.717) is 5.56 Å². The van der Waals surface area contributed by atoms with Crippen molar-refractivity contribution >= 4 is 13.6 Å². The maximum atomic E-state index is 13.7. The number of hydrogen-bond acceptors (Lipinski definition) is 5. The van der Waals surface area contributed by atoms with Crippen LogP contribution in [0.25, 0.3) is 0 Å². The Bertz CT molecular complexity index is 789. The fraction of sp³-hybridized carbons (Fsp3) is 0.381. The first kappa shape index (κ1) is 22.3. The van der Waals surface area contributed by atoms with E-state index in [1.165, 1.54) is 0 Å². The average Bonchev–Trinajstić information content (AvgIpc) is 2.69. The van der Waals surface area contributed by atoms with Gasteiger partial charge >= 0.3 is 13.6 Å². The summed E-state index contributed by atoms with van der Waals surface area (Å²) < 4.78 is 24.9. The van der Waals surface area contributed by atoms with Gasteiger partial charge < -0.3 is 14.2 Å². The highest BCUT2D eigenvalue weighted by Crippen LogP contribution is 2.63. The molecule has 2 atom stereocenters. The molecule has 0 amide bonds. The molecule has 2 aromatic carbocycles. The maximum Gasteiger partial charge on any atom is 0.354 e. The van der Waals surface area contributed by atoms with Crippen molar-refractivity contribution in [1.82, 2.24) is 5.32 Å². The van der Waals surface area contributed by atoms with E-state index < -0.39 is 24.9 Å². The molecule has 152 valence electrons. The Hall–Kier alpha value is -1.98. The van der Waals surface area contributed by atoms with Crippen molar-refractivity contribution < 1.29 is 23.5 Å². The molecule has 7 heteroatoms. The fourth-order valence-electron chi connectivity index (χ4n) is 3.11. The smallest absolute Gasteiger partial charge is 0.354 e. The van der Waals surface area contributed by atoms with Crippen LogP contribution in [0.1, 0.15) is 31.9 Å². The first-order valence-electron chi connectivity index (χ1n) is 9.35. The second-order valence-corrected chi connectivity index (χ2v) is 8.90. The van der Waals surface area contributed by atoms with Gasteiger partial charge in [-0.3, -0.25) is 14.7 Å². The van der Waals surface area contributed by atoms with Crippen molar-refractivity contribution in [3.8, 4) is 0 Å². The number of carboxylic acids is 1. The molecule has 0 fully saturated rings. The molecule has 0 aliphatic carbocycles. The number of aliphatic carboxylic acids is 1. The van der Waals surface area contributed by atoms with Crippen LogP contribution >= 0.6 is 7.60 Å². The molecule has 0 saturated heterocycles. The number of carboxylic acid groups (broad SMARTS) is 1. The van der Waals surface area contributed by atoms with Crippen LogP contribution in [0.4, 0.5) is 0 Å². The lowest BCUT2D eigenvalue weighted by Crippen LogP contribution is -2.50. The molecule has 0 bridgehead atoms. The maximum absolute atomic E-state index is 13.7. The molecule has 2 N–H and O–H groups in total. The molecule has 0 aliphatic rings. The minimum absolute atomic E-state index is 0.178. The number of benzene rings is 2. The van der Waals surface area contributed by atoms with Crippen LogP contribution in [0.2, 0.25) is 0 Å². The number of nitrogens with one attached hydrogen (secondary N) is 1. The van der Waals surface area contributed by atoms with Gasteiger partial charge in [0, 0.05) is 0 Å². The molecule has 6 nitrogen and oxygen atoms in total. The van der Waals surface area contributed by atoms with Crippen LogP contribution in [0.3, 0.4) is 0 Å². The van der Waals surface area contributed by atoms with E-state index in [1.807, 2.05) is 48.5 Å². The second-order valence-electron chi connectivity index (χ2n) is 6.50. The monoisotopic (exact) mass is 405 g/mol. The minimum Gasteiger partial charge on any atom is -0.480 e. The quantitative estimate of drug-likeness (QED) is 0.539. The standard InChI is InChI=1S/C21H28NO5P/c1-4-26-28(25,27-5-2)21(3,18-14-10-7-11-15-18)22-19(20(23)24)16-17-12-8-6-9-13-17/h6-15,19,22H,4-5,16H2,1-3H3,(H,23,24)/t19-,21?/m0/s1. The molecule has 0 saturated carbocycles. The first-order valence-corrected chi connectivity index (χ1v) is 10.9. The highest BCUT2D eigenvalue weighted by molar-refractivity contribution is 7.55. The van der Waals surface area contributed by atoms with Crippen molar-refractivity contribution in [2.24, 2.45) is 0 Å². The summed E-state index contributed by atoms with van der Waals surface area (Å²) in [6.45, 7) is 5.50. The summed E-state index contributed by atoms with van der Waals surface area (Å²) in [7, 11) is -3.74. The van der Waals surface area contributed by atoms with Gasteiger partial charge in [-0.15, -0.1) is 0 Å². The molecule has 28 heavy (non-hydrogen) atoms. The molecular formula is C21H28NO5P. The van der Waals surface area contributed by atoms with Gasteiger partial charge in [0.1, 0.15) is 11.3 Å². The zero-order valence-corrected chi connectivity index (χ0v) is 17.4. The SMILES string of the molecule is CCOP(=O)(OCC)C(C)(N[C@@H](Cc1ccccc1)C(=O)O)c1ccccc1. The third kappa shape index (κ3) is 5.09. The van der Waals surface area contributed by atoms with Gasteiger partial charge in [0.05, 0.1) is 13.2 Å². The minimum atomic E-state index is -3.74. The third-order valence-corrected chi connectivity index (χ3v) is 7.20. The largest absolute Gasteiger partial charge is 0.480 e. The lowest BCUT2D eigenvalue weighted by Gasteiger charge is -2.39. The Morgan fingerprint density at radius 2 is 1.54 bits per heavy atom. The van der Waals surface area contributed by atoms with E-state index in [2.05, 4.69) is 5.32 Å². The van der Waals surface area contributed by atoms with Gasteiger partial charge in [-0.25, -0.2) is 0 Å². The molecule has 0 aliphatic heterocycles. The highest BCUT2D eigenvalue weighted by atomic mass is 31.2. The molecular weight excluding hydrogens is 377 g/mol. The fourth-order valence-corrected chi connectivity index (χ4v) is 5.16. The third-order valence-electron chi connectivity index (χ3n) is 4.52. The van der Waals surface area contributed by atoms with Crippen molar-refractivity contribution in [2.75, 3.05) is 13.2 Å². The number of hydrogen-bond donors (Lipinski definition) is 2. The zero-order chi connectivity index (χ0) is 20.6. The predicted molar refractivity (Wildman–Crippen MR) is 109 cm³/mol. The molecule has 1 unspecified atom stereocenters. The van der Waals surface area contributed by atoms with E-state index in [1.54, 1.807) is 32.9 Å². The second kappa shape index (κ2) is 9.99. The summed E-state index contributed by atoms with van der Waals surface area (Å²) in [5, 5.41) is 11.6. The van der Waals surface area contributed by atoms with E-state index >= 15 is 0 Å². The molecule has 0 spiro atoms. The summed E-state index contributed by atoms with van der Waals surface area (Å²) in [6.07, 6.45) is 0.233. The van der Waals surface area contributed by atoms with Crippen molar-refractivity contribution in [2.45, 2.75) is 38.5 Å². The van der Waals surface area contributed by atoms with Crippen molar-refractivity contribution in [3.05, 3.63) is 71.8 Å². The highest BCUT2D eigenvalue weighted by Gasteiger charge is 2.50. The van der Waals surface area contributed by atoms with E-state index in [-0.39, 0.29) is 19.6 Å². The number of carbonyl (C=O) groups is 1. The van der Waals surface area contributed by atoms with Crippen LogP contribution in [0.15, 0.2) is 60.7 Å². The summed E-state index contributed by atoms with van der Waals surface area (Å²) in [6, 6.07) is 17.4. The van der Waals surface area contributed by atoms with Crippen LogP contribution in [-0.4, -0.2) is 30.3 Å². The van der Waals surface area contributed by atoms with Gasteiger partial charge in [-0.05, 0) is 38.3 Å². The van der Waals surface area contributed by atoms with E-state index in [9.17, 15) is 14.5 Å². The Balaban J connectivity index is 2.48. The van der Waals surface area contributed by atoms with Gasteiger partial charge in [-0.1, -0.05) is 60.7 Å². The summed E-state index contributed by atoms with van der Waals surface area (Å²) in [5.74, 6) is -1.04. The molecule has 0 radical (unpaired) electrons. The van der Waals surface area contributed by atoms with Gasteiger partial charge in [0.15, 0.2) is 0 Å². The van der Waals surface area contributed by atoms with Gasteiger partial charge in [0.25, 0.3) is 0 Å². The first-order chi connectivity index (χ1) is 13.4. The predicted octanol–water partition coefficient (Wildman–Crippen LogP) is 4.41. The molecule has 2 rings (SSSR count). The molecule has 0 aromatic heterocycles. The Morgan fingerprint density at radius 1 is 1.04 bits per heavy atom. The zero-order valence-electron chi connectivity index (χ0n) is 16.5. The Labute approximate surface area is 166 Å². The van der Waals surface area contributed by atoms with Crippen LogP contribution in [0.5, 0.6) is 0 Å². The molecule has 2 aromatic rings. The topological polar surface area (TPSA) is 84.9 Å².